The minimum atomic E-state index is -0.00363. The van der Waals surface area contributed by atoms with Crippen LogP contribution in [0.3, 0.4) is 0 Å². The molecular weight excluding hydrogens is 262 g/mol. The van der Waals surface area contributed by atoms with Gasteiger partial charge in [-0.1, -0.05) is 19.1 Å². The highest BCUT2D eigenvalue weighted by Gasteiger charge is 2.17. The molecule has 1 saturated carbocycles. The first-order valence-corrected chi connectivity index (χ1v) is 7.92. The van der Waals surface area contributed by atoms with Crippen molar-refractivity contribution in [2.75, 3.05) is 6.54 Å². The van der Waals surface area contributed by atoms with Gasteiger partial charge in [0.1, 0.15) is 0 Å². The Hall–Kier alpha value is -1.68. The Kier molecular flexibility index (Phi) is 4.34. The van der Waals surface area contributed by atoms with E-state index in [1.807, 2.05) is 28.9 Å². The predicted molar refractivity (Wildman–Crippen MR) is 85.4 cm³/mol. The minimum absolute atomic E-state index is 0.00363. The molecule has 1 aliphatic rings. The van der Waals surface area contributed by atoms with Gasteiger partial charge in [0.2, 0.25) is 5.43 Å². The molecule has 0 saturated heterocycles. The molecule has 21 heavy (non-hydrogen) atoms. The van der Waals surface area contributed by atoms with Gasteiger partial charge in [-0.3, -0.25) is 9.48 Å². The molecule has 0 amide bonds. The predicted octanol–water partition coefficient (Wildman–Crippen LogP) is 2.56. The summed E-state index contributed by atoms with van der Waals surface area (Å²) >= 11 is 0. The number of rotatable bonds is 4. The van der Waals surface area contributed by atoms with E-state index < -0.39 is 0 Å². The van der Waals surface area contributed by atoms with Gasteiger partial charge in [-0.05, 0) is 43.7 Å². The van der Waals surface area contributed by atoms with Gasteiger partial charge in [0.25, 0.3) is 0 Å². The third kappa shape index (κ3) is 3.32. The molecule has 4 nitrogen and oxygen atoms in total. The van der Waals surface area contributed by atoms with Crippen molar-refractivity contribution < 1.29 is 0 Å². The van der Waals surface area contributed by atoms with Crippen LogP contribution in [0.1, 0.15) is 32.6 Å². The highest BCUT2D eigenvalue weighted by molar-refractivity contribution is 5.77. The second-order valence-electron chi connectivity index (χ2n) is 6.16. The van der Waals surface area contributed by atoms with Gasteiger partial charge in [-0.15, -0.1) is 0 Å². The van der Waals surface area contributed by atoms with E-state index in [9.17, 15) is 4.79 Å². The van der Waals surface area contributed by atoms with E-state index in [0.29, 0.717) is 6.04 Å². The molecule has 1 aromatic heterocycles. The maximum absolute atomic E-state index is 11.8. The molecule has 3 rings (SSSR count). The van der Waals surface area contributed by atoms with Crippen LogP contribution in [0, 0.1) is 5.92 Å². The normalized spacial score (nSPS) is 22.5. The van der Waals surface area contributed by atoms with Gasteiger partial charge < -0.3 is 5.32 Å². The van der Waals surface area contributed by atoms with Crippen LogP contribution in [-0.4, -0.2) is 22.4 Å². The van der Waals surface area contributed by atoms with Gasteiger partial charge in [-0.25, -0.2) is 0 Å². The Morgan fingerprint density at radius 3 is 2.81 bits per heavy atom. The van der Waals surface area contributed by atoms with Gasteiger partial charge in [-0.2, -0.15) is 5.10 Å². The number of hydrogen-bond acceptors (Lipinski definition) is 3. The Balaban J connectivity index is 1.63. The van der Waals surface area contributed by atoms with Crippen LogP contribution < -0.4 is 10.7 Å². The second-order valence-corrected chi connectivity index (χ2v) is 6.16. The van der Waals surface area contributed by atoms with Crippen LogP contribution in [0.15, 0.2) is 35.3 Å². The standard InChI is InChI=1S/C17H23N3O/c1-13-6-8-14(9-7-13)18-10-11-20-16-5-3-2-4-15(16)17(21)12-19-20/h2-5,12-14,18H,6-11H2,1H3. The topological polar surface area (TPSA) is 46.9 Å². The van der Waals surface area contributed by atoms with Gasteiger partial charge in [0.05, 0.1) is 18.3 Å². The molecule has 1 aromatic carbocycles. The summed E-state index contributed by atoms with van der Waals surface area (Å²) in [6.45, 7) is 4.04. The van der Waals surface area contributed by atoms with Gasteiger partial charge in [0, 0.05) is 18.0 Å². The second kappa shape index (κ2) is 6.39. The molecule has 0 radical (unpaired) electrons. The third-order valence-corrected chi connectivity index (χ3v) is 4.53. The molecule has 1 aliphatic carbocycles. The fraction of sp³-hybridized carbons (Fsp3) is 0.529. The molecule has 1 fully saturated rings. The lowest BCUT2D eigenvalue weighted by molar-refractivity contribution is 0.304. The molecule has 0 bridgehead atoms. The van der Waals surface area contributed by atoms with Crippen molar-refractivity contribution >= 4 is 10.9 Å². The van der Waals surface area contributed by atoms with Crippen molar-refractivity contribution in [1.29, 1.82) is 0 Å². The molecule has 0 atom stereocenters. The van der Waals surface area contributed by atoms with Crippen molar-refractivity contribution in [3.05, 3.63) is 40.7 Å². The van der Waals surface area contributed by atoms with Crippen LogP contribution in [0.25, 0.3) is 10.9 Å². The van der Waals surface area contributed by atoms with Crippen LogP contribution in [0.5, 0.6) is 0 Å². The number of aromatic nitrogens is 2. The van der Waals surface area contributed by atoms with Crippen molar-refractivity contribution in [3.63, 3.8) is 0 Å². The highest BCUT2D eigenvalue weighted by Crippen LogP contribution is 2.23. The Bertz CT molecular complexity index is 656. The SMILES string of the molecule is CC1CCC(NCCn2ncc(=O)c3ccccc32)CC1. The average Bonchev–Trinajstić information content (AvgIpc) is 2.52. The quantitative estimate of drug-likeness (QED) is 0.939. The molecule has 0 aliphatic heterocycles. The molecule has 1 heterocycles. The summed E-state index contributed by atoms with van der Waals surface area (Å²) in [6, 6.07) is 8.33. The molecule has 1 N–H and O–H groups in total. The number of nitrogens with one attached hydrogen (secondary N) is 1. The highest BCUT2D eigenvalue weighted by atomic mass is 16.1. The van der Waals surface area contributed by atoms with E-state index in [-0.39, 0.29) is 5.43 Å². The Labute approximate surface area is 125 Å². The van der Waals surface area contributed by atoms with Crippen LogP contribution >= 0.6 is 0 Å². The van der Waals surface area contributed by atoms with Crippen molar-refractivity contribution in [2.45, 2.75) is 45.2 Å². The lowest BCUT2D eigenvalue weighted by Gasteiger charge is -2.27. The first-order valence-electron chi connectivity index (χ1n) is 7.92. The zero-order valence-corrected chi connectivity index (χ0v) is 12.6. The van der Waals surface area contributed by atoms with E-state index in [2.05, 4.69) is 17.3 Å². The largest absolute Gasteiger partial charge is 0.312 e. The average molecular weight is 285 g/mol. The first-order chi connectivity index (χ1) is 10.2. The van der Waals surface area contributed by atoms with Gasteiger partial charge in [0.15, 0.2) is 0 Å². The lowest BCUT2D eigenvalue weighted by Crippen LogP contribution is -2.35. The maximum atomic E-state index is 11.8. The molecule has 0 unspecified atom stereocenters. The van der Waals surface area contributed by atoms with Crippen molar-refractivity contribution in [3.8, 4) is 0 Å². The van der Waals surface area contributed by atoms with E-state index in [1.54, 1.807) is 0 Å². The van der Waals surface area contributed by atoms with E-state index in [1.165, 1.54) is 31.9 Å². The summed E-state index contributed by atoms with van der Waals surface area (Å²) in [5, 5.41) is 8.65. The summed E-state index contributed by atoms with van der Waals surface area (Å²) in [5.74, 6) is 0.882. The summed E-state index contributed by atoms with van der Waals surface area (Å²) in [4.78, 5) is 11.8. The fourth-order valence-electron chi connectivity index (χ4n) is 3.18. The summed E-state index contributed by atoms with van der Waals surface area (Å²) < 4.78 is 1.93. The van der Waals surface area contributed by atoms with Gasteiger partial charge >= 0.3 is 0 Å². The lowest BCUT2D eigenvalue weighted by atomic mass is 9.87. The maximum Gasteiger partial charge on any atom is 0.207 e. The zero-order chi connectivity index (χ0) is 14.7. The van der Waals surface area contributed by atoms with E-state index in [4.69, 9.17) is 0 Å². The molecule has 112 valence electrons. The Morgan fingerprint density at radius 1 is 1.24 bits per heavy atom. The number of fused-ring (bicyclic) bond motifs is 1. The molecule has 4 heteroatoms. The first kappa shape index (κ1) is 14.3. The molecular formula is C17H23N3O. The number of hydrogen-bond donors (Lipinski definition) is 1. The van der Waals surface area contributed by atoms with Crippen molar-refractivity contribution in [2.24, 2.45) is 5.92 Å². The molecule has 0 spiro atoms. The number of benzene rings is 1. The van der Waals surface area contributed by atoms with Crippen LogP contribution in [-0.2, 0) is 6.54 Å². The summed E-state index contributed by atoms with van der Waals surface area (Å²) in [5.41, 5.74) is 0.917. The fourth-order valence-corrected chi connectivity index (χ4v) is 3.18. The Morgan fingerprint density at radius 2 is 2.00 bits per heavy atom. The van der Waals surface area contributed by atoms with Crippen LogP contribution in [0.4, 0.5) is 0 Å². The number of para-hydroxylation sites is 1. The smallest absolute Gasteiger partial charge is 0.207 e. The van der Waals surface area contributed by atoms with Crippen LogP contribution in [0.2, 0.25) is 0 Å². The summed E-state index contributed by atoms with van der Waals surface area (Å²) in [7, 11) is 0. The zero-order valence-electron chi connectivity index (χ0n) is 12.6. The van der Waals surface area contributed by atoms with Crippen molar-refractivity contribution in [1.82, 2.24) is 15.1 Å². The summed E-state index contributed by atoms with van der Waals surface area (Å²) in [6.07, 6.45) is 6.64. The number of nitrogens with zero attached hydrogens (tertiary/aromatic N) is 2. The van der Waals surface area contributed by atoms with E-state index >= 15 is 0 Å². The minimum Gasteiger partial charge on any atom is -0.312 e. The van der Waals surface area contributed by atoms with E-state index in [0.717, 1.165) is 29.9 Å². The third-order valence-electron chi connectivity index (χ3n) is 4.53. The monoisotopic (exact) mass is 285 g/mol. The molecule has 2 aromatic rings.